The van der Waals surface area contributed by atoms with Gasteiger partial charge in [0.25, 0.3) is 5.91 Å². The summed E-state index contributed by atoms with van der Waals surface area (Å²) in [5, 5.41) is 9.60. The molecule has 1 aliphatic rings. The first kappa shape index (κ1) is 11.8. The van der Waals surface area contributed by atoms with E-state index in [0.29, 0.717) is 18.7 Å². The van der Waals surface area contributed by atoms with Crippen molar-refractivity contribution in [2.24, 2.45) is 5.92 Å². The second-order valence-electron chi connectivity index (χ2n) is 4.92. The van der Waals surface area contributed by atoms with Crippen LogP contribution >= 0.6 is 0 Å². The minimum Gasteiger partial charge on any atom is -0.481 e. The van der Waals surface area contributed by atoms with Crippen molar-refractivity contribution in [3.8, 4) is 0 Å². The normalized spacial score (nSPS) is 15.5. The average Bonchev–Trinajstić information content (AvgIpc) is 2.76. The van der Waals surface area contributed by atoms with E-state index in [1.54, 1.807) is 11.1 Å². The van der Waals surface area contributed by atoms with E-state index in [2.05, 4.69) is 4.98 Å². The molecule has 1 aliphatic heterocycles. The van der Waals surface area contributed by atoms with Crippen molar-refractivity contribution in [2.45, 2.75) is 6.42 Å². The number of likely N-dealkylation sites (tertiary alicyclic amines) is 1. The first-order chi connectivity index (χ1) is 9.15. The number of benzene rings is 1. The molecule has 1 amide bonds. The van der Waals surface area contributed by atoms with Gasteiger partial charge in [-0.15, -0.1) is 0 Å². The lowest BCUT2D eigenvalue weighted by atomic mass is 9.95. The lowest BCUT2D eigenvalue weighted by Crippen LogP contribution is -2.50. The minimum atomic E-state index is -0.802. The topological polar surface area (TPSA) is 73.4 Å². The van der Waals surface area contributed by atoms with Crippen molar-refractivity contribution >= 4 is 22.8 Å². The molecule has 1 aromatic heterocycles. The third-order valence-electron chi connectivity index (χ3n) is 3.53. The summed E-state index contributed by atoms with van der Waals surface area (Å²) in [6.07, 6.45) is 1.86. The van der Waals surface area contributed by atoms with Gasteiger partial charge in [-0.05, 0) is 6.07 Å². The van der Waals surface area contributed by atoms with Gasteiger partial charge in [0, 0.05) is 36.1 Å². The summed E-state index contributed by atoms with van der Waals surface area (Å²) in [4.78, 5) is 27.6. The van der Waals surface area contributed by atoms with Crippen LogP contribution in [0.3, 0.4) is 0 Å². The summed E-state index contributed by atoms with van der Waals surface area (Å²) in [6, 6.07) is 7.65. The maximum absolute atomic E-state index is 12.3. The van der Waals surface area contributed by atoms with E-state index in [-0.39, 0.29) is 18.2 Å². The largest absolute Gasteiger partial charge is 0.481 e. The summed E-state index contributed by atoms with van der Waals surface area (Å²) >= 11 is 0. The molecule has 0 spiro atoms. The zero-order chi connectivity index (χ0) is 13.4. The number of aromatic amines is 1. The van der Waals surface area contributed by atoms with Crippen LogP contribution in [-0.2, 0) is 4.79 Å². The Bertz CT molecular complexity index is 641. The van der Waals surface area contributed by atoms with Crippen molar-refractivity contribution in [3.05, 3.63) is 36.0 Å². The van der Waals surface area contributed by atoms with E-state index in [4.69, 9.17) is 5.11 Å². The van der Waals surface area contributed by atoms with Crippen molar-refractivity contribution < 1.29 is 14.7 Å². The summed E-state index contributed by atoms with van der Waals surface area (Å²) in [5.74, 6) is -0.741. The number of fused-ring (bicyclic) bond motifs is 1. The smallest absolute Gasteiger partial charge is 0.303 e. The van der Waals surface area contributed by atoms with E-state index in [1.165, 1.54) is 0 Å². The van der Waals surface area contributed by atoms with Gasteiger partial charge in [0.05, 0.1) is 12.0 Å². The molecule has 19 heavy (non-hydrogen) atoms. The lowest BCUT2D eigenvalue weighted by Gasteiger charge is -2.38. The SMILES string of the molecule is O=C(O)CC1CN(C(=O)c2c[nH]c3ccccc23)C1. The van der Waals surface area contributed by atoms with Gasteiger partial charge < -0.3 is 15.0 Å². The molecule has 0 bridgehead atoms. The zero-order valence-electron chi connectivity index (χ0n) is 10.3. The molecule has 0 unspecified atom stereocenters. The van der Waals surface area contributed by atoms with Crippen LogP contribution in [0, 0.1) is 5.92 Å². The molecule has 1 saturated heterocycles. The third-order valence-corrected chi connectivity index (χ3v) is 3.53. The summed E-state index contributed by atoms with van der Waals surface area (Å²) in [5.41, 5.74) is 1.60. The predicted molar refractivity (Wildman–Crippen MR) is 69.9 cm³/mol. The van der Waals surface area contributed by atoms with E-state index < -0.39 is 5.97 Å². The van der Waals surface area contributed by atoms with Crippen molar-refractivity contribution in [2.75, 3.05) is 13.1 Å². The quantitative estimate of drug-likeness (QED) is 0.880. The van der Waals surface area contributed by atoms with Crippen LogP contribution in [0.15, 0.2) is 30.5 Å². The lowest BCUT2D eigenvalue weighted by molar-refractivity contribution is -0.139. The van der Waals surface area contributed by atoms with E-state index in [1.807, 2.05) is 24.3 Å². The number of rotatable bonds is 3. The molecular weight excluding hydrogens is 244 g/mol. The number of carboxylic acid groups (broad SMARTS) is 1. The third kappa shape index (κ3) is 2.07. The first-order valence-corrected chi connectivity index (χ1v) is 6.22. The fourth-order valence-electron chi connectivity index (χ4n) is 2.53. The first-order valence-electron chi connectivity index (χ1n) is 6.22. The van der Waals surface area contributed by atoms with Crippen molar-refractivity contribution in [3.63, 3.8) is 0 Å². The highest BCUT2D eigenvalue weighted by molar-refractivity contribution is 6.06. The molecule has 0 saturated carbocycles. The number of para-hydroxylation sites is 1. The van der Waals surface area contributed by atoms with Gasteiger partial charge in [-0.2, -0.15) is 0 Å². The van der Waals surface area contributed by atoms with Crippen LogP contribution in [0.2, 0.25) is 0 Å². The number of amides is 1. The second-order valence-corrected chi connectivity index (χ2v) is 4.92. The van der Waals surface area contributed by atoms with Crippen LogP contribution < -0.4 is 0 Å². The molecule has 0 aliphatic carbocycles. The van der Waals surface area contributed by atoms with Gasteiger partial charge in [-0.25, -0.2) is 0 Å². The molecule has 2 heterocycles. The molecule has 3 rings (SSSR count). The Hall–Kier alpha value is -2.30. The molecule has 5 nitrogen and oxygen atoms in total. The second kappa shape index (κ2) is 4.42. The number of aromatic nitrogens is 1. The Balaban J connectivity index is 1.74. The van der Waals surface area contributed by atoms with Crippen LogP contribution in [-0.4, -0.2) is 40.0 Å². The Morgan fingerprint density at radius 1 is 1.32 bits per heavy atom. The minimum absolute atomic E-state index is 0.0286. The molecule has 1 aromatic carbocycles. The highest BCUT2D eigenvalue weighted by atomic mass is 16.4. The molecule has 2 aromatic rings. The van der Waals surface area contributed by atoms with Crippen LogP contribution in [0.25, 0.3) is 10.9 Å². The Labute approximate surface area is 109 Å². The number of hydrogen-bond donors (Lipinski definition) is 2. The number of carbonyl (C=O) groups is 2. The molecule has 1 fully saturated rings. The number of nitrogens with one attached hydrogen (secondary N) is 1. The Morgan fingerprint density at radius 3 is 2.79 bits per heavy atom. The molecule has 5 heteroatoms. The fourth-order valence-corrected chi connectivity index (χ4v) is 2.53. The van der Waals surface area contributed by atoms with Gasteiger partial charge in [0.15, 0.2) is 0 Å². The number of nitrogens with zero attached hydrogens (tertiary/aromatic N) is 1. The van der Waals surface area contributed by atoms with E-state index >= 15 is 0 Å². The van der Waals surface area contributed by atoms with Gasteiger partial charge in [-0.3, -0.25) is 9.59 Å². The maximum atomic E-state index is 12.3. The molecule has 98 valence electrons. The number of aliphatic carboxylic acids is 1. The van der Waals surface area contributed by atoms with Crippen LogP contribution in [0.4, 0.5) is 0 Å². The molecular formula is C14H14N2O3. The predicted octanol–water partition coefficient (Wildman–Crippen LogP) is 1.71. The molecule has 0 radical (unpaired) electrons. The zero-order valence-corrected chi connectivity index (χ0v) is 10.3. The Morgan fingerprint density at radius 2 is 2.05 bits per heavy atom. The number of carbonyl (C=O) groups excluding carboxylic acids is 1. The number of carboxylic acids is 1. The number of H-pyrrole nitrogens is 1. The Kier molecular flexibility index (Phi) is 2.74. The van der Waals surface area contributed by atoms with E-state index in [9.17, 15) is 9.59 Å². The summed E-state index contributed by atoms with van der Waals surface area (Å²) < 4.78 is 0. The average molecular weight is 258 g/mol. The van der Waals surface area contributed by atoms with Gasteiger partial charge >= 0.3 is 5.97 Å². The standard InChI is InChI=1S/C14H14N2O3/c17-13(18)5-9-7-16(8-9)14(19)11-6-15-12-4-2-1-3-10(11)12/h1-4,6,9,15H,5,7-8H2,(H,17,18). The maximum Gasteiger partial charge on any atom is 0.303 e. The summed E-state index contributed by atoms with van der Waals surface area (Å²) in [6.45, 7) is 1.06. The monoisotopic (exact) mass is 258 g/mol. The number of hydrogen-bond acceptors (Lipinski definition) is 2. The van der Waals surface area contributed by atoms with Crippen molar-refractivity contribution in [1.29, 1.82) is 0 Å². The van der Waals surface area contributed by atoms with Gasteiger partial charge in [0.1, 0.15) is 0 Å². The van der Waals surface area contributed by atoms with Crippen LogP contribution in [0.5, 0.6) is 0 Å². The molecule has 0 atom stereocenters. The fraction of sp³-hybridized carbons (Fsp3) is 0.286. The van der Waals surface area contributed by atoms with Gasteiger partial charge in [-0.1, -0.05) is 18.2 Å². The summed E-state index contributed by atoms with van der Waals surface area (Å²) in [7, 11) is 0. The van der Waals surface area contributed by atoms with E-state index in [0.717, 1.165) is 10.9 Å². The highest BCUT2D eigenvalue weighted by Crippen LogP contribution is 2.25. The molecule has 2 N–H and O–H groups in total. The van der Waals surface area contributed by atoms with Crippen molar-refractivity contribution in [1.82, 2.24) is 9.88 Å². The van der Waals surface area contributed by atoms with Gasteiger partial charge in [0.2, 0.25) is 0 Å². The van der Waals surface area contributed by atoms with Crippen LogP contribution in [0.1, 0.15) is 16.8 Å². The highest BCUT2D eigenvalue weighted by Gasteiger charge is 2.33.